The largest absolute Gasteiger partial charge is 0.454 e. The third-order valence-electron chi connectivity index (χ3n) is 3.80. The van der Waals surface area contributed by atoms with E-state index in [4.69, 9.17) is 21.1 Å². The molecule has 0 fully saturated rings. The highest BCUT2D eigenvalue weighted by Crippen LogP contribution is 2.37. The molecule has 1 aromatic carbocycles. The van der Waals surface area contributed by atoms with Crippen LogP contribution in [-0.4, -0.2) is 11.2 Å². The van der Waals surface area contributed by atoms with Gasteiger partial charge in [-0.25, -0.2) is 0 Å². The Labute approximate surface area is 129 Å². The summed E-state index contributed by atoms with van der Waals surface area (Å²) in [6, 6.07) is 3.65. The minimum atomic E-state index is 0.0637. The fraction of sp³-hybridized carbons (Fsp3) is 0.267. The number of alkyl halides is 1. The van der Waals surface area contributed by atoms with Crippen molar-refractivity contribution >= 4 is 38.7 Å². The van der Waals surface area contributed by atoms with Gasteiger partial charge in [0.25, 0.3) is 0 Å². The molecule has 2 aromatic heterocycles. The summed E-state index contributed by atoms with van der Waals surface area (Å²) in [5.74, 6) is 1.70. The molecule has 1 aliphatic rings. The van der Waals surface area contributed by atoms with Crippen molar-refractivity contribution in [2.75, 3.05) is 6.79 Å². The van der Waals surface area contributed by atoms with Gasteiger partial charge in [0, 0.05) is 22.7 Å². The minimum absolute atomic E-state index is 0.0637. The third kappa shape index (κ3) is 1.71. The Balaban J connectivity index is 2.26. The fourth-order valence-electron chi connectivity index (χ4n) is 2.79. The molecule has 0 aliphatic carbocycles. The molecule has 0 atom stereocenters. The van der Waals surface area contributed by atoms with Gasteiger partial charge in [0.05, 0.1) is 16.8 Å². The number of aryl methyl sites for hydroxylation is 1. The lowest BCUT2D eigenvalue weighted by molar-refractivity contribution is 0.174. The standard InChI is InChI=1S/C15H12ClNO3S/c1-2-9-14(18)10-3-12-13(20-7-19-12)4-11(10)17-8(5-16)6-21-15(9)17/h3-4,6H,2,5,7H2,1H3. The maximum absolute atomic E-state index is 12.7. The van der Waals surface area contributed by atoms with Gasteiger partial charge in [-0.05, 0) is 12.5 Å². The smallest absolute Gasteiger partial charge is 0.231 e. The lowest BCUT2D eigenvalue weighted by atomic mass is 10.1. The number of pyridine rings is 1. The highest BCUT2D eigenvalue weighted by atomic mass is 35.5. The molecule has 108 valence electrons. The molecule has 0 radical (unpaired) electrons. The number of ether oxygens (including phenoxy) is 2. The van der Waals surface area contributed by atoms with Crippen LogP contribution in [0, 0.1) is 0 Å². The summed E-state index contributed by atoms with van der Waals surface area (Å²) < 4.78 is 12.9. The SMILES string of the molecule is CCc1c(=O)c2cc3c(cc2n2c(CCl)csc12)OCO3. The Kier molecular flexibility index (Phi) is 2.87. The number of nitrogens with zero attached hydrogens (tertiary/aromatic N) is 1. The van der Waals surface area contributed by atoms with Crippen LogP contribution in [0.2, 0.25) is 0 Å². The lowest BCUT2D eigenvalue weighted by Gasteiger charge is -2.09. The Hall–Kier alpha value is -1.72. The average Bonchev–Trinajstić information content (AvgIpc) is 3.11. The van der Waals surface area contributed by atoms with Gasteiger partial charge in [-0.1, -0.05) is 6.92 Å². The first-order valence-electron chi connectivity index (χ1n) is 6.68. The summed E-state index contributed by atoms with van der Waals surface area (Å²) in [5.41, 5.74) is 2.69. The lowest BCUT2D eigenvalue weighted by Crippen LogP contribution is -2.12. The number of fused-ring (bicyclic) bond motifs is 4. The number of halogens is 1. The number of aromatic nitrogens is 1. The van der Waals surface area contributed by atoms with Crippen molar-refractivity contribution in [2.24, 2.45) is 0 Å². The highest BCUT2D eigenvalue weighted by Gasteiger charge is 2.20. The zero-order chi connectivity index (χ0) is 14.6. The van der Waals surface area contributed by atoms with E-state index in [9.17, 15) is 4.79 Å². The van der Waals surface area contributed by atoms with Gasteiger partial charge in [0.1, 0.15) is 4.83 Å². The first-order valence-corrected chi connectivity index (χ1v) is 8.09. The van der Waals surface area contributed by atoms with E-state index in [0.717, 1.165) is 21.6 Å². The molecule has 0 amide bonds. The summed E-state index contributed by atoms with van der Waals surface area (Å²) >= 11 is 7.61. The molecule has 3 heterocycles. The number of thiazole rings is 1. The molecule has 3 aromatic rings. The second-order valence-electron chi connectivity index (χ2n) is 4.89. The van der Waals surface area contributed by atoms with Crippen molar-refractivity contribution in [3.8, 4) is 11.5 Å². The molecule has 0 bridgehead atoms. The van der Waals surface area contributed by atoms with Gasteiger partial charge in [0.2, 0.25) is 6.79 Å². The van der Waals surface area contributed by atoms with E-state index in [1.165, 1.54) is 0 Å². The zero-order valence-electron chi connectivity index (χ0n) is 11.3. The zero-order valence-corrected chi connectivity index (χ0v) is 12.9. The van der Waals surface area contributed by atoms with E-state index in [-0.39, 0.29) is 12.2 Å². The summed E-state index contributed by atoms with van der Waals surface area (Å²) in [6.45, 7) is 2.19. The van der Waals surface area contributed by atoms with Crippen LogP contribution in [0.3, 0.4) is 0 Å². The number of benzene rings is 1. The van der Waals surface area contributed by atoms with Crippen molar-refractivity contribution < 1.29 is 9.47 Å². The monoisotopic (exact) mass is 321 g/mol. The maximum Gasteiger partial charge on any atom is 0.231 e. The molecule has 0 unspecified atom stereocenters. The van der Waals surface area contributed by atoms with E-state index in [2.05, 4.69) is 4.40 Å². The van der Waals surface area contributed by atoms with Gasteiger partial charge in [-0.3, -0.25) is 4.79 Å². The summed E-state index contributed by atoms with van der Waals surface area (Å²) in [4.78, 5) is 13.7. The predicted molar refractivity (Wildman–Crippen MR) is 84.1 cm³/mol. The van der Waals surface area contributed by atoms with E-state index >= 15 is 0 Å². The molecular weight excluding hydrogens is 310 g/mol. The Morgan fingerprint density at radius 3 is 2.81 bits per heavy atom. The highest BCUT2D eigenvalue weighted by molar-refractivity contribution is 7.15. The Morgan fingerprint density at radius 1 is 1.33 bits per heavy atom. The van der Waals surface area contributed by atoms with Gasteiger partial charge in [-0.15, -0.1) is 22.9 Å². The van der Waals surface area contributed by atoms with Crippen molar-refractivity contribution in [3.05, 3.63) is 39.0 Å². The van der Waals surface area contributed by atoms with Gasteiger partial charge < -0.3 is 13.9 Å². The van der Waals surface area contributed by atoms with E-state index in [1.54, 1.807) is 17.4 Å². The minimum Gasteiger partial charge on any atom is -0.454 e. The Bertz CT molecular complexity index is 928. The predicted octanol–water partition coefficient (Wildman–Crippen LogP) is 3.54. The van der Waals surface area contributed by atoms with Crippen molar-refractivity contribution in [3.63, 3.8) is 0 Å². The topological polar surface area (TPSA) is 39.9 Å². The number of hydrogen-bond acceptors (Lipinski definition) is 4. The van der Waals surface area contributed by atoms with Crippen LogP contribution in [-0.2, 0) is 12.3 Å². The van der Waals surface area contributed by atoms with Crippen LogP contribution >= 0.6 is 22.9 Å². The quantitative estimate of drug-likeness (QED) is 0.678. The summed E-state index contributed by atoms with van der Waals surface area (Å²) in [6.07, 6.45) is 0.689. The normalized spacial score (nSPS) is 13.4. The van der Waals surface area contributed by atoms with E-state index < -0.39 is 0 Å². The van der Waals surface area contributed by atoms with Crippen molar-refractivity contribution in [2.45, 2.75) is 19.2 Å². The molecule has 4 nitrogen and oxygen atoms in total. The summed E-state index contributed by atoms with van der Waals surface area (Å²) in [7, 11) is 0. The van der Waals surface area contributed by atoms with E-state index in [0.29, 0.717) is 29.2 Å². The molecule has 21 heavy (non-hydrogen) atoms. The molecule has 6 heteroatoms. The van der Waals surface area contributed by atoms with Crippen LogP contribution in [0.5, 0.6) is 11.5 Å². The van der Waals surface area contributed by atoms with Gasteiger partial charge >= 0.3 is 0 Å². The first-order chi connectivity index (χ1) is 10.2. The molecule has 0 saturated carbocycles. The van der Waals surface area contributed by atoms with E-state index in [1.807, 2.05) is 18.4 Å². The maximum atomic E-state index is 12.7. The molecular formula is C15H12ClNO3S. The van der Waals surface area contributed by atoms with Crippen molar-refractivity contribution in [1.29, 1.82) is 0 Å². The second kappa shape index (κ2) is 4.64. The third-order valence-corrected chi connectivity index (χ3v) is 5.11. The van der Waals surface area contributed by atoms with Crippen LogP contribution in [0.1, 0.15) is 18.2 Å². The molecule has 1 aliphatic heterocycles. The first kappa shape index (κ1) is 13.0. The van der Waals surface area contributed by atoms with Crippen molar-refractivity contribution in [1.82, 2.24) is 4.40 Å². The van der Waals surface area contributed by atoms with Crippen LogP contribution in [0.15, 0.2) is 22.3 Å². The number of hydrogen-bond donors (Lipinski definition) is 0. The van der Waals surface area contributed by atoms with Crippen LogP contribution in [0.25, 0.3) is 15.7 Å². The molecule has 0 spiro atoms. The Morgan fingerprint density at radius 2 is 2.10 bits per heavy atom. The molecule has 0 N–H and O–H groups in total. The average molecular weight is 322 g/mol. The molecule has 0 saturated heterocycles. The molecule has 4 rings (SSSR count). The second-order valence-corrected chi connectivity index (χ2v) is 6.01. The van der Waals surface area contributed by atoms with Crippen LogP contribution in [0.4, 0.5) is 0 Å². The van der Waals surface area contributed by atoms with Gasteiger partial charge in [0.15, 0.2) is 16.9 Å². The van der Waals surface area contributed by atoms with Crippen LogP contribution < -0.4 is 14.9 Å². The fourth-order valence-corrected chi connectivity index (χ4v) is 4.22. The number of rotatable bonds is 2. The summed E-state index contributed by atoms with van der Waals surface area (Å²) in [5, 5.41) is 2.66. The van der Waals surface area contributed by atoms with Gasteiger partial charge in [-0.2, -0.15) is 0 Å².